The fourth-order valence-electron chi connectivity index (χ4n) is 3.60. The molecule has 0 unspecified atom stereocenters. The molecule has 2 fully saturated rings. The summed E-state index contributed by atoms with van der Waals surface area (Å²) < 4.78 is 6.60. The summed E-state index contributed by atoms with van der Waals surface area (Å²) in [5.74, 6) is 0. The van der Waals surface area contributed by atoms with E-state index in [1.54, 1.807) is 0 Å². The lowest BCUT2D eigenvalue weighted by atomic mass is 10.0. The van der Waals surface area contributed by atoms with Crippen molar-refractivity contribution in [3.8, 4) is 0 Å². The van der Waals surface area contributed by atoms with Crippen LogP contribution in [0.1, 0.15) is 46.5 Å². The molecule has 0 aromatic heterocycles. The van der Waals surface area contributed by atoms with Crippen LogP contribution in [0.2, 0.25) is 0 Å². The molecular formula is C20H30BrN3O2. The number of carbonyl (C=O) groups excluding carboxylic acids is 1. The molecule has 2 aliphatic rings. The van der Waals surface area contributed by atoms with Crippen LogP contribution >= 0.6 is 15.9 Å². The van der Waals surface area contributed by atoms with Gasteiger partial charge >= 0.3 is 6.09 Å². The molecule has 1 aromatic carbocycles. The summed E-state index contributed by atoms with van der Waals surface area (Å²) >= 11 is 3.60. The van der Waals surface area contributed by atoms with Crippen LogP contribution in [0.4, 0.5) is 16.2 Å². The number of likely N-dealkylation sites (tertiary alicyclic amines) is 1. The van der Waals surface area contributed by atoms with Crippen molar-refractivity contribution < 1.29 is 9.53 Å². The van der Waals surface area contributed by atoms with E-state index in [1.807, 2.05) is 25.7 Å². The molecule has 2 aliphatic heterocycles. The Labute approximate surface area is 165 Å². The zero-order valence-corrected chi connectivity index (χ0v) is 17.6. The summed E-state index contributed by atoms with van der Waals surface area (Å²) in [6, 6.07) is 6.86. The predicted molar refractivity (Wildman–Crippen MR) is 110 cm³/mol. The van der Waals surface area contributed by atoms with Crippen LogP contribution in [0, 0.1) is 0 Å². The maximum Gasteiger partial charge on any atom is 0.410 e. The van der Waals surface area contributed by atoms with Crippen LogP contribution < -0.4 is 10.2 Å². The molecule has 1 N–H and O–H groups in total. The van der Waals surface area contributed by atoms with Crippen molar-refractivity contribution in [2.45, 2.75) is 58.1 Å². The average Bonchev–Trinajstić information content (AvgIpc) is 3.10. The first kappa shape index (κ1) is 19.3. The molecule has 0 bridgehead atoms. The van der Waals surface area contributed by atoms with Crippen molar-refractivity contribution in [3.05, 3.63) is 22.7 Å². The summed E-state index contributed by atoms with van der Waals surface area (Å²) in [5, 5.41) is 3.72. The minimum atomic E-state index is -0.436. The fourth-order valence-corrected chi connectivity index (χ4v) is 3.95. The quantitative estimate of drug-likeness (QED) is 0.753. The first-order valence-electron chi connectivity index (χ1n) is 9.61. The number of piperidine rings is 1. The van der Waals surface area contributed by atoms with E-state index in [0.29, 0.717) is 6.04 Å². The highest BCUT2D eigenvalue weighted by atomic mass is 79.9. The third kappa shape index (κ3) is 5.06. The van der Waals surface area contributed by atoms with Crippen LogP contribution in [0.25, 0.3) is 0 Å². The molecule has 144 valence electrons. The summed E-state index contributed by atoms with van der Waals surface area (Å²) in [5.41, 5.74) is 2.05. The second-order valence-electron chi connectivity index (χ2n) is 8.24. The van der Waals surface area contributed by atoms with Gasteiger partial charge in [0.25, 0.3) is 0 Å². The highest BCUT2D eigenvalue weighted by Crippen LogP contribution is 2.33. The van der Waals surface area contributed by atoms with Gasteiger partial charge in [-0.25, -0.2) is 4.79 Å². The number of rotatable bonds is 3. The Morgan fingerprint density at radius 3 is 2.42 bits per heavy atom. The van der Waals surface area contributed by atoms with Gasteiger partial charge in [-0.05, 0) is 64.7 Å². The standard InChI is InChI=1S/C20H30BrN3O2/c1-20(2,3)26-19(25)24-12-8-16(9-13-24)22-17-7-6-15(21)14-18(17)23-10-4-5-11-23/h6-7,14,16,22H,4-5,8-13H2,1-3H3. The number of carbonyl (C=O) groups is 1. The lowest BCUT2D eigenvalue weighted by Gasteiger charge is -2.35. The molecule has 0 saturated carbocycles. The van der Waals surface area contributed by atoms with Crippen molar-refractivity contribution in [3.63, 3.8) is 0 Å². The van der Waals surface area contributed by atoms with Gasteiger partial charge in [0.15, 0.2) is 0 Å². The molecule has 5 nitrogen and oxygen atoms in total. The zero-order chi connectivity index (χ0) is 18.7. The number of hydrogen-bond acceptors (Lipinski definition) is 4. The minimum Gasteiger partial charge on any atom is -0.444 e. The Hall–Kier alpha value is -1.43. The highest BCUT2D eigenvalue weighted by molar-refractivity contribution is 9.10. The summed E-state index contributed by atoms with van der Waals surface area (Å²) in [7, 11) is 0. The predicted octanol–water partition coefficient (Wildman–Crippen LogP) is 4.86. The van der Waals surface area contributed by atoms with Crippen molar-refractivity contribution in [1.82, 2.24) is 4.90 Å². The number of benzene rings is 1. The number of amides is 1. The van der Waals surface area contributed by atoms with Crippen molar-refractivity contribution in [2.75, 3.05) is 36.4 Å². The van der Waals surface area contributed by atoms with Crippen LogP contribution in [-0.4, -0.2) is 48.8 Å². The van der Waals surface area contributed by atoms with Crippen molar-refractivity contribution >= 4 is 33.4 Å². The number of nitrogens with zero attached hydrogens (tertiary/aromatic N) is 2. The molecule has 6 heteroatoms. The highest BCUT2D eigenvalue weighted by Gasteiger charge is 2.27. The Balaban J connectivity index is 1.59. The number of halogens is 1. The summed E-state index contributed by atoms with van der Waals surface area (Å²) in [6.45, 7) is 9.46. The Morgan fingerprint density at radius 1 is 1.15 bits per heavy atom. The van der Waals surface area contributed by atoms with Gasteiger partial charge in [0.2, 0.25) is 0 Å². The molecular weight excluding hydrogens is 394 g/mol. The lowest BCUT2D eigenvalue weighted by Crippen LogP contribution is -2.44. The third-order valence-electron chi connectivity index (χ3n) is 4.91. The summed E-state index contributed by atoms with van der Waals surface area (Å²) in [6.07, 6.45) is 4.21. The SMILES string of the molecule is CC(C)(C)OC(=O)N1CCC(Nc2ccc(Br)cc2N2CCCC2)CC1. The monoisotopic (exact) mass is 423 g/mol. The molecule has 0 atom stereocenters. The van der Waals surface area contributed by atoms with E-state index in [2.05, 4.69) is 44.3 Å². The van der Waals surface area contributed by atoms with Gasteiger partial charge in [-0.2, -0.15) is 0 Å². The summed E-state index contributed by atoms with van der Waals surface area (Å²) in [4.78, 5) is 16.5. The molecule has 1 amide bonds. The van der Waals surface area contributed by atoms with Gasteiger partial charge < -0.3 is 19.9 Å². The first-order valence-corrected chi connectivity index (χ1v) is 10.4. The van der Waals surface area contributed by atoms with Crippen molar-refractivity contribution in [2.24, 2.45) is 0 Å². The number of hydrogen-bond donors (Lipinski definition) is 1. The van der Waals surface area contributed by atoms with Crippen LogP contribution in [0.3, 0.4) is 0 Å². The normalized spacial score (nSPS) is 18.9. The molecule has 0 aliphatic carbocycles. The number of nitrogens with one attached hydrogen (secondary N) is 1. The third-order valence-corrected chi connectivity index (χ3v) is 5.41. The first-order chi connectivity index (χ1) is 12.3. The molecule has 2 saturated heterocycles. The Morgan fingerprint density at radius 2 is 1.81 bits per heavy atom. The van der Waals surface area contributed by atoms with E-state index in [4.69, 9.17) is 4.74 Å². The smallest absolute Gasteiger partial charge is 0.410 e. The van der Waals surface area contributed by atoms with E-state index in [9.17, 15) is 4.79 Å². The Bertz CT molecular complexity index is 630. The molecule has 2 heterocycles. The molecule has 3 rings (SSSR count). The largest absolute Gasteiger partial charge is 0.444 e. The van der Waals surface area contributed by atoms with Gasteiger partial charge in [0, 0.05) is 36.7 Å². The second kappa shape index (κ2) is 8.07. The molecule has 0 radical (unpaired) electrons. The van der Waals surface area contributed by atoms with Gasteiger partial charge in [0.1, 0.15) is 5.60 Å². The second-order valence-corrected chi connectivity index (χ2v) is 9.16. The van der Waals surface area contributed by atoms with Crippen LogP contribution in [-0.2, 0) is 4.74 Å². The molecule has 26 heavy (non-hydrogen) atoms. The maximum atomic E-state index is 12.2. The van der Waals surface area contributed by atoms with E-state index in [0.717, 1.165) is 43.5 Å². The van der Waals surface area contributed by atoms with Crippen LogP contribution in [0.5, 0.6) is 0 Å². The van der Waals surface area contributed by atoms with Crippen molar-refractivity contribution in [1.29, 1.82) is 0 Å². The maximum absolute atomic E-state index is 12.2. The van der Waals surface area contributed by atoms with Gasteiger partial charge in [-0.3, -0.25) is 0 Å². The van der Waals surface area contributed by atoms with E-state index < -0.39 is 5.60 Å². The average molecular weight is 424 g/mol. The van der Waals surface area contributed by atoms with Crippen LogP contribution in [0.15, 0.2) is 22.7 Å². The zero-order valence-electron chi connectivity index (χ0n) is 16.1. The lowest BCUT2D eigenvalue weighted by molar-refractivity contribution is 0.0210. The Kier molecular flexibility index (Phi) is 6.00. The van der Waals surface area contributed by atoms with Gasteiger partial charge in [-0.1, -0.05) is 15.9 Å². The number of ether oxygens (including phenoxy) is 1. The fraction of sp³-hybridized carbons (Fsp3) is 0.650. The number of anilines is 2. The van der Waals surface area contributed by atoms with E-state index in [1.165, 1.54) is 24.2 Å². The van der Waals surface area contributed by atoms with Gasteiger partial charge in [0.05, 0.1) is 11.4 Å². The van der Waals surface area contributed by atoms with Gasteiger partial charge in [-0.15, -0.1) is 0 Å². The molecule has 1 aromatic rings. The van der Waals surface area contributed by atoms with E-state index >= 15 is 0 Å². The minimum absolute atomic E-state index is 0.197. The molecule has 0 spiro atoms. The van der Waals surface area contributed by atoms with E-state index in [-0.39, 0.29) is 6.09 Å². The topological polar surface area (TPSA) is 44.8 Å².